The normalized spacial score (nSPS) is 11.7. The summed E-state index contributed by atoms with van der Waals surface area (Å²) in [4.78, 5) is 10.8. The number of halogens is 4. The molecule has 13 heavy (non-hydrogen) atoms. The summed E-state index contributed by atoms with van der Waals surface area (Å²) in [5, 5.41) is 0.0409. The predicted octanol–water partition coefficient (Wildman–Crippen LogP) is 2.55. The van der Waals surface area contributed by atoms with E-state index in [9.17, 15) is 18.0 Å². The van der Waals surface area contributed by atoms with E-state index in [1.807, 2.05) is 0 Å². The van der Waals surface area contributed by atoms with E-state index in [-0.39, 0.29) is 10.9 Å². The van der Waals surface area contributed by atoms with Gasteiger partial charge >= 0.3 is 11.8 Å². The van der Waals surface area contributed by atoms with Crippen molar-refractivity contribution in [2.45, 2.75) is 11.5 Å². The van der Waals surface area contributed by atoms with Crippen molar-refractivity contribution < 1.29 is 17.6 Å². The molecule has 0 aliphatic carbocycles. The third kappa shape index (κ3) is 2.33. The van der Waals surface area contributed by atoms with Crippen LogP contribution in [-0.2, 0) is 11.5 Å². The van der Waals surface area contributed by atoms with E-state index in [2.05, 4.69) is 20.3 Å². The summed E-state index contributed by atoms with van der Waals surface area (Å²) in [5.41, 5.74) is -1.76. The van der Waals surface area contributed by atoms with Crippen molar-refractivity contribution in [3.8, 4) is 0 Å². The van der Waals surface area contributed by atoms with Crippen molar-refractivity contribution in [1.82, 2.24) is 0 Å². The second-order valence-electron chi connectivity index (χ2n) is 2.28. The van der Waals surface area contributed by atoms with Gasteiger partial charge in [0.2, 0.25) is 0 Å². The molecule has 0 radical (unpaired) electrons. The zero-order valence-corrected chi connectivity index (χ0v) is 7.78. The summed E-state index contributed by atoms with van der Waals surface area (Å²) >= 11 is 2.88. The third-order valence-corrected chi connectivity index (χ3v) is 1.96. The summed E-state index contributed by atoms with van der Waals surface area (Å²) in [7, 11) is 0. The Balaban J connectivity index is 3.22. The largest absolute Gasteiger partial charge is 0.430 e. The minimum absolute atomic E-state index is 0.0409. The molecule has 0 amide bonds. The highest BCUT2D eigenvalue weighted by atomic mass is 79.9. The molecule has 1 heterocycles. The van der Waals surface area contributed by atoms with Crippen LogP contribution >= 0.6 is 15.9 Å². The molecule has 1 aromatic rings. The van der Waals surface area contributed by atoms with Crippen LogP contribution in [0.1, 0.15) is 11.1 Å². The number of rotatable bonds is 1. The van der Waals surface area contributed by atoms with E-state index < -0.39 is 17.4 Å². The smallest absolute Gasteiger partial charge is 0.419 e. The molecule has 0 aliphatic heterocycles. The van der Waals surface area contributed by atoms with Gasteiger partial charge in [-0.15, -0.1) is 0 Å². The maximum atomic E-state index is 12.1. The molecule has 0 spiro atoms. The Morgan fingerprint density at radius 1 is 1.46 bits per heavy atom. The summed E-state index contributed by atoms with van der Waals surface area (Å²) in [6.45, 7) is 0. The van der Waals surface area contributed by atoms with Gasteiger partial charge in [-0.2, -0.15) is 13.2 Å². The van der Waals surface area contributed by atoms with Crippen LogP contribution in [0.2, 0.25) is 0 Å². The molecule has 6 heteroatoms. The molecule has 0 aliphatic rings. The molecule has 0 unspecified atom stereocenters. The Morgan fingerprint density at radius 2 is 2.08 bits per heavy atom. The van der Waals surface area contributed by atoms with Crippen molar-refractivity contribution in [2.75, 3.05) is 0 Å². The maximum Gasteiger partial charge on any atom is 0.419 e. The molecule has 0 bridgehead atoms. The number of hydrogen-bond donors (Lipinski definition) is 0. The van der Waals surface area contributed by atoms with Crippen molar-refractivity contribution >= 4 is 15.9 Å². The molecular weight excluding hydrogens is 253 g/mol. The molecule has 72 valence electrons. The first-order valence-corrected chi connectivity index (χ1v) is 4.32. The lowest BCUT2D eigenvalue weighted by atomic mass is 10.2. The Labute approximate surface area is 79.5 Å². The molecule has 0 atom stereocenters. The van der Waals surface area contributed by atoms with Crippen LogP contribution in [0.25, 0.3) is 0 Å². The fraction of sp³-hybridized carbons (Fsp3) is 0.286. The van der Waals surface area contributed by atoms with Crippen LogP contribution in [0.5, 0.6) is 0 Å². The highest BCUT2D eigenvalue weighted by Crippen LogP contribution is 2.28. The van der Waals surface area contributed by atoms with Crippen molar-refractivity contribution in [3.63, 3.8) is 0 Å². The molecule has 0 N–H and O–H groups in total. The summed E-state index contributed by atoms with van der Waals surface area (Å²) < 4.78 is 40.4. The highest BCUT2D eigenvalue weighted by Gasteiger charge is 2.31. The van der Waals surface area contributed by atoms with Crippen LogP contribution in [0.15, 0.2) is 21.5 Å². The van der Waals surface area contributed by atoms with E-state index in [0.29, 0.717) is 6.26 Å². The predicted molar refractivity (Wildman–Crippen MR) is 42.6 cm³/mol. The van der Waals surface area contributed by atoms with Crippen molar-refractivity contribution in [1.29, 1.82) is 0 Å². The van der Waals surface area contributed by atoms with Crippen LogP contribution < -0.4 is 5.63 Å². The Hall–Kier alpha value is -0.780. The zero-order valence-electron chi connectivity index (χ0n) is 6.19. The standard InChI is InChI=1S/C7H4BrF3O2/c8-2-4-1-5(7(9,10)11)3-13-6(4)12/h1,3H,2H2. The lowest BCUT2D eigenvalue weighted by molar-refractivity contribution is -0.138. The Bertz CT molecular complexity index is 355. The SMILES string of the molecule is O=c1occ(C(F)(F)F)cc1CBr. The Morgan fingerprint density at radius 3 is 2.54 bits per heavy atom. The summed E-state index contributed by atoms with van der Waals surface area (Å²) in [6.07, 6.45) is -4.07. The fourth-order valence-corrected chi connectivity index (χ4v) is 1.11. The average molecular weight is 257 g/mol. The second-order valence-corrected chi connectivity index (χ2v) is 2.84. The molecule has 1 rings (SSSR count). The highest BCUT2D eigenvalue weighted by molar-refractivity contribution is 9.08. The van der Waals surface area contributed by atoms with Gasteiger partial charge in [0.05, 0.1) is 5.56 Å². The van der Waals surface area contributed by atoms with Gasteiger partial charge in [0.25, 0.3) is 0 Å². The first-order chi connectivity index (χ1) is 5.95. The first kappa shape index (κ1) is 10.3. The van der Waals surface area contributed by atoms with Crippen LogP contribution in [0.3, 0.4) is 0 Å². The van der Waals surface area contributed by atoms with Crippen LogP contribution in [0, 0.1) is 0 Å². The summed E-state index contributed by atoms with van der Waals surface area (Å²) in [5.74, 6) is 0. The maximum absolute atomic E-state index is 12.1. The number of hydrogen-bond acceptors (Lipinski definition) is 2. The summed E-state index contributed by atoms with van der Waals surface area (Å²) in [6, 6.07) is 0.764. The third-order valence-electron chi connectivity index (χ3n) is 1.36. The van der Waals surface area contributed by atoms with E-state index in [1.165, 1.54) is 0 Å². The minimum atomic E-state index is -4.48. The van der Waals surface area contributed by atoms with E-state index >= 15 is 0 Å². The zero-order chi connectivity index (χ0) is 10.1. The molecule has 0 saturated carbocycles. The van der Waals surface area contributed by atoms with Gasteiger partial charge in [-0.1, -0.05) is 15.9 Å². The van der Waals surface area contributed by atoms with Gasteiger partial charge in [0.15, 0.2) is 0 Å². The first-order valence-electron chi connectivity index (χ1n) is 3.20. The lowest BCUT2D eigenvalue weighted by Crippen LogP contribution is -2.11. The van der Waals surface area contributed by atoms with Gasteiger partial charge in [-0.05, 0) is 6.07 Å². The topological polar surface area (TPSA) is 30.2 Å². The van der Waals surface area contributed by atoms with Gasteiger partial charge in [0.1, 0.15) is 6.26 Å². The fourth-order valence-electron chi connectivity index (χ4n) is 0.715. The molecule has 2 nitrogen and oxygen atoms in total. The number of alkyl halides is 4. The van der Waals surface area contributed by atoms with Crippen LogP contribution in [0.4, 0.5) is 13.2 Å². The van der Waals surface area contributed by atoms with E-state index in [0.717, 1.165) is 6.07 Å². The van der Waals surface area contributed by atoms with Gasteiger partial charge < -0.3 is 4.42 Å². The molecule has 0 aromatic carbocycles. The molecule has 1 aromatic heterocycles. The van der Waals surface area contributed by atoms with Crippen molar-refractivity contribution in [3.05, 3.63) is 33.9 Å². The van der Waals surface area contributed by atoms with Gasteiger partial charge in [-0.25, -0.2) is 4.79 Å². The minimum Gasteiger partial charge on any atom is -0.430 e. The van der Waals surface area contributed by atoms with E-state index in [4.69, 9.17) is 0 Å². The second kappa shape index (κ2) is 3.53. The lowest BCUT2D eigenvalue weighted by Gasteiger charge is -2.05. The van der Waals surface area contributed by atoms with E-state index in [1.54, 1.807) is 0 Å². The molecule has 0 fully saturated rings. The average Bonchev–Trinajstić information content (AvgIpc) is 2.03. The monoisotopic (exact) mass is 256 g/mol. The van der Waals surface area contributed by atoms with Crippen molar-refractivity contribution in [2.24, 2.45) is 0 Å². The molecular formula is C7H4BrF3O2. The van der Waals surface area contributed by atoms with Crippen LogP contribution in [-0.4, -0.2) is 0 Å². The van der Waals surface area contributed by atoms with Gasteiger partial charge in [-0.3, -0.25) is 0 Å². The van der Waals surface area contributed by atoms with Gasteiger partial charge in [0, 0.05) is 10.9 Å². The quantitative estimate of drug-likeness (QED) is 0.723. The molecule has 0 saturated heterocycles. The Kier molecular flexibility index (Phi) is 2.80.